The summed E-state index contributed by atoms with van der Waals surface area (Å²) in [4.78, 5) is 35.8. The van der Waals surface area contributed by atoms with E-state index in [0.717, 1.165) is 19.1 Å². The molecule has 26 heavy (non-hydrogen) atoms. The molecule has 2 aliphatic rings. The fourth-order valence-electron chi connectivity index (χ4n) is 3.22. The average molecular weight is 377 g/mol. The number of piperazine rings is 1. The van der Waals surface area contributed by atoms with Crippen LogP contribution in [0.25, 0.3) is 11.2 Å². The number of aromatic nitrogens is 3. The van der Waals surface area contributed by atoms with Crippen LogP contribution in [0.4, 0.5) is 0 Å². The third-order valence-electron chi connectivity index (χ3n) is 4.76. The Morgan fingerprint density at radius 1 is 1.27 bits per heavy atom. The van der Waals surface area contributed by atoms with Gasteiger partial charge in [0, 0.05) is 25.3 Å². The molecule has 1 unspecified atom stereocenters. The maximum Gasteiger partial charge on any atom is 0.284 e. The zero-order valence-electron chi connectivity index (χ0n) is 14.3. The van der Waals surface area contributed by atoms with E-state index in [4.69, 9.17) is 0 Å². The highest BCUT2D eigenvalue weighted by atomic mass is 32.3. The first-order valence-electron chi connectivity index (χ1n) is 8.48. The van der Waals surface area contributed by atoms with Gasteiger partial charge in [-0.1, -0.05) is 4.21 Å². The fraction of sp³-hybridized carbons (Fsp3) is 0.500. The van der Waals surface area contributed by atoms with Gasteiger partial charge in [0.1, 0.15) is 22.2 Å². The number of sulfonamides is 1. The molecule has 0 N–H and O–H groups in total. The summed E-state index contributed by atoms with van der Waals surface area (Å²) < 4.78 is 26.1. The Labute approximate surface area is 151 Å². The number of carbonyl (C=O) groups excluding carboxylic acids is 1. The van der Waals surface area contributed by atoms with Gasteiger partial charge >= 0.3 is 0 Å². The van der Waals surface area contributed by atoms with Gasteiger partial charge in [0.2, 0.25) is 0 Å². The summed E-state index contributed by atoms with van der Waals surface area (Å²) in [6.45, 7) is 0.913. The molecule has 10 heteroatoms. The van der Waals surface area contributed by atoms with E-state index in [1.165, 1.54) is 9.21 Å². The quantitative estimate of drug-likeness (QED) is 0.699. The van der Waals surface area contributed by atoms with Crippen LogP contribution < -0.4 is 5.56 Å². The summed E-state index contributed by atoms with van der Waals surface area (Å²) in [5.74, 6) is -0.455. The number of hydrogen-bond donors (Lipinski definition) is 0. The standard InChI is InChI=1S/C16H19N5O4S/c1-26(24,25)20-9-7-19(8-10-20)15(22)13-16(23)21(11-4-5-11)14-12(18-13)3-2-6-17-14/h2-3,6,11H,4-5,7-10H2,1H3. The molecule has 2 fully saturated rings. The largest absolute Gasteiger partial charge is 0.598 e. The summed E-state index contributed by atoms with van der Waals surface area (Å²) in [6.07, 6.45) is 4.53. The van der Waals surface area contributed by atoms with Gasteiger partial charge in [-0.3, -0.25) is 14.2 Å². The number of hydrogen-bond acceptors (Lipinski definition) is 6. The van der Waals surface area contributed by atoms with Crippen LogP contribution in [0.15, 0.2) is 23.1 Å². The van der Waals surface area contributed by atoms with Crippen molar-refractivity contribution in [2.24, 2.45) is 0 Å². The fourth-order valence-corrected chi connectivity index (χ4v) is 4.05. The molecule has 1 aliphatic carbocycles. The lowest BCUT2D eigenvalue weighted by molar-refractivity contribution is 0.0685. The maximum absolute atomic E-state index is 12.9. The summed E-state index contributed by atoms with van der Waals surface area (Å²) in [6, 6.07) is 3.52. The van der Waals surface area contributed by atoms with Gasteiger partial charge in [0.05, 0.1) is 13.1 Å². The summed E-state index contributed by atoms with van der Waals surface area (Å²) in [5, 5.41) is 0. The number of fused-ring (bicyclic) bond motifs is 1. The second kappa shape index (κ2) is 6.22. The molecular weight excluding hydrogens is 358 g/mol. The third kappa shape index (κ3) is 3.04. The second-order valence-electron chi connectivity index (χ2n) is 6.67. The zero-order valence-corrected chi connectivity index (χ0v) is 15.1. The van der Waals surface area contributed by atoms with Gasteiger partial charge in [0.25, 0.3) is 11.5 Å². The van der Waals surface area contributed by atoms with Crippen molar-refractivity contribution in [1.29, 1.82) is 0 Å². The van der Waals surface area contributed by atoms with E-state index in [2.05, 4.69) is 9.97 Å². The predicted molar refractivity (Wildman–Crippen MR) is 94.3 cm³/mol. The lowest BCUT2D eigenvalue weighted by Gasteiger charge is -2.34. The van der Waals surface area contributed by atoms with Crippen LogP contribution in [-0.4, -0.2) is 66.6 Å². The highest BCUT2D eigenvalue weighted by Gasteiger charge is 2.33. The van der Waals surface area contributed by atoms with Crippen molar-refractivity contribution < 1.29 is 13.6 Å². The Bertz CT molecular complexity index is 972. The molecule has 1 amide bonds. The molecule has 1 saturated heterocycles. The Morgan fingerprint density at radius 3 is 2.58 bits per heavy atom. The first-order chi connectivity index (χ1) is 12.4. The normalized spacial score (nSPS) is 20.9. The van der Waals surface area contributed by atoms with E-state index in [0.29, 0.717) is 11.2 Å². The predicted octanol–water partition coefficient (Wildman–Crippen LogP) is 0.0589. The van der Waals surface area contributed by atoms with Crippen molar-refractivity contribution in [2.45, 2.75) is 18.9 Å². The molecule has 1 aliphatic heterocycles. The van der Waals surface area contributed by atoms with Crippen LogP contribution >= 0.6 is 0 Å². The molecule has 138 valence electrons. The van der Waals surface area contributed by atoms with Crippen molar-refractivity contribution in [3.63, 3.8) is 0 Å². The summed E-state index contributed by atoms with van der Waals surface area (Å²) >= 11 is 0. The molecule has 0 radical (unpaired) electrons. The molecule has 2 aromatic heterocycles. The van der Waals surface area contributed by atoms with Crippen LogP contribution in [0, 0.1) is 0 Å². The van der Waals surface area contributed by atoms with Crippen LogP contribution in [-0.2, 0) is 14.6 Å². The first-order valence-corrected chi connectivity index (χ1v) is 10.3. The zero-order chi connectivity index (χ0) is 18.5. The Morgan fingerprint density at radius 2 is 1.96 bits per heavy atom. The third-order valence-corrected chi connectivity index (χ3v) is 6.06. The van der Waals surface area contributed by atoms with Gasteiger partial charge in [-0.05, 0) is 25.0 Å². The van der Waals surface area contributed by atoms with Crippen molar-refractivity contribution in [3.8, 4) is 0 Å². The minimum absolute atomic E-state index is 0.0662. The lowest BCUT2D eigenvalue weighted by atomic mass is 10.3. The van der Waals surface area contributed by atoms with Crippen LogP contribution in [0.3, 0.4) is 0 Å². The van der Waals surface area contributed by atoms with Gasteiger partial charge in [0.15, 0.2) is 11.3 Å². The Kier molecular flexibility index (Phi) is 4.13. The minimum atomic E-state index is -3.28. The van der Waals surface area contributed by atoms with E-state index in [-0.39, 0.29) is 37.9 Å². The van der Waals surface area contributed by atoms with E-state index in [1.54, 1.807) is 22.9 Å². The lowest BCUT2D eigenvalue weighted by Crippen LogP contribution is -2.52. The SMILES string of the molecule is C[S+](=O)([O-])N1CCN(C(=O)c2nc3cccnc3n(C3CC3)c2=O)CC1. The molecule has 0 aromatic carbocycles. The van der Waals surface area contributed by atoms with Gasteiger partial charge in [-0.2, -0.15) is 0 Å². The number of carbonyl (C=O) groups is 1. The average Bonchev–Trinajstić information content (AvgIpc) is 3.45. The number of rotatable bonds is 3. The Balaban J connectivity index is 1.67. The molecule has 9 nitrogen and oxygen atoms in total. The smallest absolute Gasteiger partial charge is 0.284 e. The molecule has 1 atom stereocenters. The van der Waals surface area contributed by atoms with E-state index < -0.39 is 21.9 Å². The molecule has 1 saturated carbocycles. The van der Waals surface area contributed by atoms with E-state index in [1.807, 2.05) is 0 Å². The van der Waals surface area contributed by atoms with E-state index in [9.17, 15) is 18.4 Å². The molecular formula is C16H19N5O4S. The van der Waals surface area contributed by atoms with Crippen LogP contribution in [0.1, 0.15) is 29.4 Å². The van der Waals surface area contributed by atoms with E-state index >= 15 is 0 Å². The number of pyridine rings is 1. The molecule has 0 bridgehead atoms. The molecule has 3 heterocycles. The number of amides is 1. The van der Waals surface area contributed by atoms with Crippen molar-refractivity contribution >= 4 is 27.5 Å². The monoisotopic (exact) mass is 377 g/mol. The van der Waals surface area contributed by atoms with Crippen LogP contribution in [0.2, 0.25) is 0 Å². The highest BCUT2D eigenvalue weighted by Crippen LogP contribution is 2.35. The summed E-state index contributed by atoms with van der Waals surface area (Å²) in [7, 11) is -3.28. The van der Waals surface area contributed by atoms with Gasteiger partial charge in [-0.25, -0.2) is 9.97 Å². The molecule has 4 rings (SSSR count). The van der Waals surface area contributed by atoms with Crippen molar-refractivity contribution in [2.75, 3.05) is 32.4 Å². The second-order valence-corrected chi connectivity index (χ2v) is 8.65. The topological polar surface area (TPSA) is 111 Å². The minimum Gasteiger partial charge on any atom is -0.598 e. The number of nitrogens with zero attached hydrogens (tertiary/aromatic N) is 5. The van der Waals surface area contributed by atoms with Crippen molar-refractivity contribution in [1.82, 2.24) is 23.7 Å². The maximum atomic E-state index is 12.9. The first kappa shape index (κ1) is 17.3. The highest BCUT2D eigenvalue weighted by molar-refractivity contribution is 7.94. The summed E-state index contributed by atoms with van der Waals surface area (Å²) in [5.41, 5.74) is 0.468. The van der Waals surface area contributed by atoms with Gasteiger partial charge in [-0.15, -0.1) is 4.31 Å². The van der Waals surface area contributed by atoms with Crippen molar-refractivity contribution in [3.05, 3.63) is 34.4 Å². The Hall–Kier alpha value is -2.17. The molecule has 0 spiro atoms. The molecule has 2 aromatic rings. The van der Waals surface area contributed by atoms with Gasteiger partial charge < -0.3 is 9.45 Å². The van der Waals surface area contributed by atoms with Crippen LogP contribution in [0.5, 0.6) is 0 Å².